The predicted molar refractivity (Wildman–Crippen MR) is 122 cm³/mol. The summed E-state index contributed by atoms with van der Waals surface area (Å²) in [6.45, 7) is 8.92. The van der Waals surface area contributed by atoms with E-state index in [1.807, 2.05) is 39.1 Å². The fraction of sp³-hybridized carbons (Fsp3) is 0.632. The van der Waals surface area contributed by atoms with Crippen molar-refractivity contribution in [3.8, 4) is 0 Å². The molecule has 1 fully saturated rings. The Morgan fingerprint density at radius 1 is 1.22 bits per heavy atom. The molecule has 8 heteroatoms. The smallest absolute Gasteiger partial charge is 0.225 e. The Labute approximate surface area is 179 Å². The Morgan fingerprint density at radius 2 is 1.89 bits per heavy atom. The Morgan fingerprint density at radius 3 is 2.44 bits per heavy atom. The number of rotatable bonds is 5. The van der Waals surface area contributed by atoms with E-state index in [1.54, 1.807) is 7.05 Å². The highest BCUT2D eigenvalue weighted by Crippen LogP contribution is 2.17. The molecular weight excluding hydrogens is 455 g/mol. The van der Waals surface area contributed by atoms with Crippen LogP contribution < -0.4 is 20.9 Å². The fourth-order valence-corrected chi connectivity index (χ4v) is 2.80. The van der Waals surface area contributed by atoms with E-state index in [1.165, 1.54) is 0 Å². The molecule has 7 nitrogen and oxygen atoms in total. The van der Waals surface area contributed by atoms with Crippen LogP contribution in [-0.4, -0.2) is 56.1 Å². The second-order valence-electron chi connectivity index (χ2n) is 7.60. The molecular formula is C19H33IN6O. The molecule has 2 heterocycles. The van der Waals surface area contributed by atoms with E-state index in [2.05, 4.69) is 36.9 Å². The van der Waals surface area contributed by atoms with Crippen LogP contribution in [0.15, 0.2) is 29.4 Å². The maximum absolute atomic E-state index is 11.8. The molecule has 1 aromatic heterocycles. The first kappa shape index (κ1) is 23.5. The van der Waals surface area contributed by atoms with Crippen LogP contribution >= 0.6 is 24.0 Å². The summed E-state index contributed by atoms with van der Waals surface area (Å²) in [6, 6.07) is 6.42. The molecule has 27 heavy (non-hydrogen) atoms. The van der Waals surface area contributed by atoms with Crippen molar-refractivity contribution in [2.75, 3.05) is 38.1 Å². The summed E-state index contributed by atoms with van der Waals surface area (Å²) in [6.07, 6.45) is 3.92. The zero-order valence-electron chi connectivity index (χ0n) is 16.8. The van der Waals surface area contributed by atoms with Gasteiger partial charge in [-0.25, -0.2) is 4.98 Å². The lowest BCUT2D eigenvalue weighted by Crippen LogP contribution is -2.50. The second kappa shape index (κ2) is 11.3. The molecule has 0 spiro atoms. The van der Waals surface area contributed by atoms with E-state index in [4.69, 9.17) is 0 Å². The highest BCUT2D eigenvalue weighted by Gasteiger charge is 2.21. The number of hydrogen-bond donors (Lipinski definition) is 3. The van der Waals surface area contributed by atoms with Crippen LogP contribution in [0.3, 0.4) is 0 Å². The summed E-state index contributed by atoms with van der Waals surface area (Å²) in [4.78, 5) is 22.9. The molecule has 0 unspecified atom stereocenters. The van der Waals surface area contributed by atoms with E-state index in [-0.39, 0.29) is 35.3 Å². The van der Waals surface area contributed by atoms with E-state index in [0.717, 1.165) is 37.7 Å². The van der Waals surface area contributed by atoms with Crippen molar-refractivity contribution < 1.29 is 4.79 Å². The van der Waals surface area contributed by atoms with E-state index in [0.29, 0.717) is 19.1 Å². The molecule has 1 aliphatic rings. The SMILES string of the molecule is CN=C(NCCNC(=O)C(C)(C)C)NC1CCN(c2ccccn2)CC1.I. The molecule has 0 aromatic carbocycles. The number of anilines is 1. The van der Waals surface area contributed by atoms with Crippen LogP contribution in [0.1, 0.15) is 33.6 Å². The van der Waals surface area contributed by atoms with Gasteiger partial charge in [0.2, 0.25) is 5.91 Å². The number of hydrogen-bond acceptors (Lipinski definition) is 4. The predicted octanol–water partition coefficient (Wildman–Crippen LogP) is 2.00. The first-order valence-corrected chi connectivity index (χ1v) is 9.31. The van der Waals surface area contributed by atoms with Crippen LogP contribution in [0.5, 0.6) is 0 Å². The molecule has 0 atom stereocenters. The van der Waals surface area contributed by atoms with Crippen LogP contribution in [0.25, 0.3) is 0 Å². The van der Waals surface area contributed by atoms with Gasteiger partial charge in [-0.1, -0.05) is 26.8 Å². The Kier molecular flexibility index (Phi) is 9.82. The van der Waals surface area contributed by atoms with Crippen LogP contribution in [0.4, 0.5) is 5.82 Å². The number of carbonyl (C=O) groups is 1. The summed E-state index contributed by atoms with van der Waals surface area (Å²) in [5.74, 6) is 1.89. The monoisotopic (exact) mass is 488 g/mol. The highest BCUT2D eigenvalue weighted by molar-refractivity contribution is 14.0. The molecule has 152 valence electrons. The van der Waals surface area contributed by atoms with E-state index >= 15 is 0 Å². The zero-order valence-corrected chi connectivity index (χ0v) is 19.1. The van der Waals surface area contributed by atoms with Gasteiger partial charge in [-0.3, -0.25) is 9.79 Å². The molecule has 1 aromatic rings. The average molecular weight is 488 g/mol. The van der Waals surface area contributed by atoms with Crippen molar-refractivity contribution >= 4 is 41.7 Å². The Balaban J connectivity index is 0.00000364. The molecule has 0 saturated carbocycles. The third-order valence-corrected chi connectivity index (χ3v) is 4.42. The van der Waals surface area contributed by atoms with Crippen LogP contribution in [0.2, 0.25) is 0 Å². The summed E-state index contributed by atoms with van der Waals surface area (Å²) in [5, 5.41) is 9.67. The fourth-order valence-electron chi connectivity index (χ4n) is 2.80. The number of nitrogens with zero attached hydrogens (tertiary/aromatic N) is 3. The molecule has 3 N–H and O–H groups in total. The number of carbonyl (C=O) groups excluding carboxylic acids is 1. The molecule has 1 saturated heterocycles. The lowest BCUT2D eigenvalue weighted by molar-refractivity contribution is -0.128. The minimum atomic E-state index is -0.360. The van der Waals surface area contributed by atoms with Crippen molar-refractivity contribution in [3.63, 3.8) is 0 Å². The van der Waals surface area contributed by atoms with Gasteiger partial charge in [-0.2, -0.15) is 0 Å². The first-order valence-electron chi connectivity index (χ1n) is 9.31. The molecule has 0 radical (unpaired) electrons. The van der Waals surface area contributed by atoms with Crippen molar-refractivity contribution in [1.29, 1.82) is 0 Å². The minimum absolute atomic E-state index is 0. The third-order valence-electron chi connectivity index (χ3n) is 4.42. The van der Waals surface area contributed by atoms with Gasteiger partial charge in [-0.15, -0.1) is 24.0 Å². The normalized spacial score (nSPS) is 15.7. The van der Waals surface area contributed by atoms with Gasteiger partial charge in [0.1, 0.15) is 5.82 Å². The quantitative estimate of drug-likeness (QED) is 0.256. The average Bonchev–Trinajstić information content (AvgIpc) is 2.64. The van der Waals surface area contributed by atoms with Crippen molar-refractivity contribution in [1.82, 2.24) is 20.9 Å². The second-order valence-corrected chi connectivity index (χ2v) is 7.60. The highest BCUT2D eigenvalue weighted by atomic mass is 127. The lowest BCUT2D eigenvalue weighted by atomic mass is 9.96. The van der Waals surface area contributed by atoms with Crippen LogP contribution in [-0.2, 0) is 4.79 Å². The van der Waals surface area contributed by atoms with Crippen molar-refractivity contribution in [2.45, 2.75) is 39.7 Å². The summed E-state index contributed by atoms with van der Waals surface area (Å²) < 4.78 is 0. The van der Waals surface area contributed by atoms with Gasteiger partial charge < -0.3 is 20.9 Å². The maximum Gasteiger partial charge on any atom is 0.225 e. The largest absolute Gasteiger partial charge is 0.356 e. The first-order chi connectivity index (χ1) is 12.4. The number of aliphatic imine (C=N–C) groups is 1. The Bertz CT molecular complexity index is 594. The summed E-state index contributed by atoms with van der Waals surface area (Å²) in [5.41, 5.74) is -0.360. The molecule has 0 aliphatic carbocycles. The standard InChI is InChI=1S/C19H32N6O.HI/c1-19(2,3)17(26)22-11-12-23-18(20-4)24-15-8-13-25(14-9-15)16-7-5-6-10-21-16;/h5-7,10,15H,8-9,11-14H2,1-4H3,(H,22,26)(H2,20,23,24);1H. The summed E-state index contributed by atoms with van der Waals surface area (Å²) in [7, 11) is 1.77. The number of guanidine groups is 1. The number of amides is 1. The van der Waals surface area contributed by atoms with Gasteiger partial charge in [0.25, 0.3) is 0 Å². The number of pyridine rings is 1. The van der Waals surface area contributed by atoms with Crippen LogP contribution in [0, 0.1) is 5.41 Å². The van der Waals surface area contributed by atoms with Crippen molar-refractivity contribution in [2.24, 2.45) is 10.4 Å². The zero-order chi connectivity index (χ0) is 19.0. The van der Waals surface area contributed by atoms with E-state index in [9.17, 15) is 4.79 Å². The minimum Gasteiger partial charge on any atom is -0.356 e. The molecule has 0 bridgehead atoms. The number of piperidine rings is 1. The van der Waals surface area contributed by atoms with Gasteiger partial charge in [-0.05, 0) is 25.0 Å². The molecule has 1 amide bonds. The third kappa shape index (κ3) is 7.90. The molecule has 2 rings (SSSR count). The van der Waals surface area contributed by atoms with Gasteiger partial charge in [0, 0.05) is 50.9 Å². The van der Waals surface area contributed by atoms with Gasteiger partial charge in [0.05, 0.1) is 0 Å². The lowest BCUT2D eigenvalue weighted by Gasteiger charge is -2.33. The number of halogens is 1. The van der Waals surface area contributed by atoms with E-state index < -0.39 is 0 Å². The number of nitrogens with one attached hydrogen (secondary N) is 3. The molecule has 1 aliphatic heterocycles. The number of aromatic nitrogens is 1. The summed E-state index contributed by atoms with van der Waals surface area (Å²) >= 11 is 0. The van der Waals surface area contributed by atoms with Crippen molar-refractivity contribution in [3.05, 3.63) is 24.4 Å². The van der Waals surface area contributed by atoms with Gasteiger partial charge in [0.15, 0.2) is 5.96 Å². The topological polar surface area (TPSA) is 81.6 Å². The van der Waals surface area contributed by atoms with Gasteiger partial charge >= 0.3 is 0 Å². The maximum atomic E-state index is 11.8. The Hall–Kier alpha value is -1.58.